The van der Waals surface area contributed by atoms with E-state index in [0.717, 1.165) is 11.3 Å². The molecular weight excluding hydrogens is 342 g/mol. The summed E-state index contributed by atoms with van der Waals surface area (Å²) >= 11 is 0. The Morgan fingerprint density at radius 2 is 2.11 bits per heavy atom. The summed E-state index contributed by atoms with van der Waals surface area (Å²) in [7, 11) is 1.57. The predicted molar refractivity (Wildman–Crippen MR) is 103 cm³/mol. The molecule has 2 N–H and O–H groups in total. The minimum Gasteiger partial charge on any atom is -0.497 e. The molecule has 6 nitrogen and oxygen atoms in total. The zero-order valence-electron chi connectivity index (χ0n) is 15.9. The molecule has 2 aromatic rings. The van der Waals surface area contributed by atoms with Gasteiger partial charge in [-0.2, -0.15) is 5.26 Å². The van der Waals surface area contributed by atoms with E-state index in [1.807, 2.05) is 37.3 Å². The molecule has 1 atom stereocenters. The van der Waals surface area contributed by atoms with E-state index >= 15 is 0 Å². The molecule has 0 radical (unpaired) electrons. The van der Waals surface area contributed by atoms with Gasteiger partial charge < -0.3 is 19.8 Å². The molecule has 1 aliphatic heterocycles. The van der Waals surface area contributed by atoms with Crippen LogP contribution in [0.2, 0.25) is 0 Å². The number of nitrogens with two attached hydrogens (primary N) is 1. The Bertz CT molecular complexity index is 1010. The van der Waals surface area contributed by atoms with Crippen LogP contribution in [0.3, 0.4) is 0 Å². The largest absolute Gasteiger partial charge is 0.497 e. The Kier molecular flexibility index (Phi) is 4.95. The van der Waals surface area contributed by atoms with Crippen LogP contribution >= 0.6 is 0 Å². The molecule has 0 bridgehead atoms. The van der Waals surface area contributed by atoms with Crippen molar-refractivity contribution in [3.63, 3.8) is 0 Å². The molecule has 0 fully saturated rings. The molecule has 6 heteroatoms. The SMILES string of the molecule is COc1cccc([C@@H]2C(C#N)=C(N)Oc3cc(C)n(CC(C)C)c(=O)c32)c1. The van der Waals surface area contributed by atoms with Gasteiger partial charge in [-0.25, -0.2) is 0 Å². The maximum absolute atomic E-state index is 13.4. The molecule has 140 valence electrons. The third-order valence-corrected chi connectivity index (χ3v) is 4.66. The average molecular weight is 365 g/mol. The highest BCUT2D eigenvalue weighted by Gasteiger charge is 2.34. The molecule has 1 aliphatic rings. The number of aryl methyl sites for hydroxylation is 1. The maximum Gasteiger partial charge on any atom is 0.258 e. The summed E-state index contributed by atoms with van der Waals surface area (Å²) in [5.74, 6) is 0.779. The summed E-state index contributed by atoms with van der Waals surface area (Å²) in [6.45, 7) is 6.57. The van der Waals surface area contributed by atoms with Gasteiger partial charge >= 0.3 is 0 Å². The number of nitriles is 1. The van der Waals surface area contributed by atoms with Crippen LogP contribution in [0.1, 0.15) is 36.6 Å². The fourth-order valence-electron chi connectivity index (χ4n) is 3.43. The van der Waals surface area contributed by atoms with Gasteiger partial charge in [-0.1, -0.05) is 26.0 Å². The Balaban J connectivity index is 2.30. The highest BCUT2D eigenvalue weighted by atomic mass is 16.5. The molecular formula is C21H23N3O3. The number of nitrogens with zero attached hydrogens (tertiary/aromatic N) is 2. The van der Waals surface area contributed by atoms with Gasteiger partial charge in [0.2, 0.25) is 5.88 Å². The van der Waals surface area contributed by atoms with Crippen molar-refractivity contribution in [2.75, 3.05) is 7.11 Å². The van der Waals surface area contributed by atoms with E-state index in [-0.39, 0.29) is 17.0 Å². The van der Waals surface area contributed by atoms with E-state index in [0.29, 0.717) is 29.5 Å². The molecule has 0 aliphatic carbocycles. The second-order valence-electron chi connectivity index (χ2n) is 7.07. The van der Waals surface area contributed by atoms with Crippen molar-refractivity contribution in [2.24, 2.45) is 11.7 Å². The van der Waals surface area contributed by atoms with E-state index in [9.17, 15) is 10.1 Å². The van der Waals surface area contributed by atoms with Crippen molar-refractivity contribution < 1.29 is 9.47 Å². The van der Waals surface area contributed by atoms with Crippen LogP contribution in [0, 0.1) is 24.2 Å². The number of fused-ring (bicyclic) bond motifs is 1. The van der Waals surface area contributed by atoms with E-state index in [1.54, 1.807) is 11.7 Å². The second-order valence-corrected chi connectivity index (χ2v) is 7.07. The molecule has 0 saturated heterocycles. The topological polar surface area (TPSA) is 90.3 Å². The van der Waals surface area contributed by atoms with Gasteiger partial charge in [0.05, 0.1) is 18.6 Å². The lowest BCUT2D eigenvalue weighted by Crippen LogP contribution is -2.33. The number of allylic oxidation sites excluding steroid dienone is 1. The van der Waals surface area contributed by atoms with Crippen LogP contribution in [-0.2, 0) is 6.54 Å². The van der Waals surface area contributed by atoms with Crippen molar-refractivity contribution in [1.29, 1.82) is 5.26 Å². The van der Waals surface area contributed by atoms with Gasteiger partial charge in [-0.05, 0) is 30.5 Å². The highest BCUT2D eigenvalue weighted by Crippen LogP contribution is 2.41. The first-order valence-corrected chi connectivity index (χ1v) is 8.83. The summed E-state index contributed by atoms with van der Waals surface area (Å²) in [5, 5.41) is 9.70. The summed E-state index contributed by atoms with van der Waals surface area (Å²) in [6.07, 6.45) is 0. The lowest BCUT2D eigenvalue weighted by molar-refractivity contribution is 0.385. The molecule has 0 amide bonds. The van der Waals surface area contributed by atoms with Gasteiger partial charge in [0, 0.05) is 18.3 Å². The molecule has 0 spiro atoms. The number of benzene rings is 1. The van der Waals surface area contributed by atoms with Crippen molar-refractivity contribution in [3.05, 3.63) is 69.0 Å². The Morgan fingerprint density at radius 1 is 1.37 bits per heavy atom. The number of ether oxygens (including phenoxy) is 2. The Hall–Kier alpha value is -3.20. The third-order valence-electron chi connectivity index (χ3n) is 4.66. The lowest BCUT2D eigenvalue weighted by atomic mass is 9.84. The minimum absolute atomic E-state index is 0.0261. The molecule has 27 heavy (non-hydrogen) atoms. The van der Waals surface area contributed by atoms with E-state index in [2.05, 4.69) is 19.9 Å². The van der Waals surface area contributed by atoms with Crippen LogP contribution in [0.15, 0.2) is 46.6 Å². The molecule has 0 unspecified atom stereocenters. The van der Waals surface area contributed by atoms with Gasteiger partial charge in [0.25, 0.3) is 5.56 Å². The van der Waals surface area contributed by atoms with Crippen LogP contribution in [0.5, 0.6) is 11.5 Å². The van der Waals surface area contributed by atoms with Gasteiger partial charge in [-0.15, -0.1) is 0 Å². The van der Waals surface area contributed by atoms with Crippen LogP contribution in [-0.4, -0.2) is 11.7 Å². The van der Waals surface area contributed by atoms with Gasteiger partial charge in [0.15, 0.2) is 0 Å². The smallest absolute Gasteiger partial charge is 0.258 e. The number of hydrogen-bond acceptors (Lipinski definition) is 5. The zero-order valence-corrected chi connectivity index (χ0v) is 15.9. The summed E-state index contributed by atoms with van der Waals surface area (Å²) in [6, 6.07) is 11.3. The zero-order chi connectivity index (χ0) is 19.7. The molecule has 3 rings (SSSR count). The Labute approximate surface area is 158 Å². The summed E-state index contributed by atoms with van der Waals surface area (Å²) < 4.78 is 12.7. The highest BCUT2D eigenvalue weighted by molar-refractivity contribution is 5.56. The monoisotopic (exact) mass is 365 g/mol. The number of aromatic nitrogens is 1. The number of hydrogen-bond donors (Lipinski definition) is 1. The Morgan fingerprint density at radius 3 is 2.74 bits per heavy atom. The standard InChI is InChI=1S/C21H23N3O3/c1-12(2)11-24-13(3)8-17-19(21(24)25)18(16(10-22)20(23)27-17)14-6-5-7-15(9-14)26-4/h5-9,12,18H,11,23H2,1-4H3/t18-/m1/s1. The molecule has 1 aromatic heterocycles. The first kappa shape index (κ1) is 18.6. The van der Waals surface area contributed by atoms with E-state index in [1.165, 1.54) is 0 Å². The van der Waals surface area contributed by atoms with Crippen molar-refractivity contribution in [3.8, 4) is 17.6 Å². The first-order chi connectivity index (χ1) is 12.9. The van der Waals surface area contributed by atoms with Crippen molar-refractivity contribution >= 4 is 0 Å². The minimum atomic E-state index is -0.597. The van der Waals surface area contributed by atoms with Crippen molar-refractivity contribution in [1.82, 2.24) is 4.57 Å². The summed E-state index contributed by atoms with van der Waals surface area (Å²) in [5.41, 5.74) is 8.07. The lowest BCUT2D eigenvalue weighted by Gasteiger charge is -2.27. The quantitative estimate of drug-likeness (QED) is 0.899. The predicted octanol–water partition coefficient (Wildman–Crippen LogP) is 3.04. The van der Waals surface area contributed by atoms with E-state index < -0.39 is 5.92 Å². The molecule has 0 saturated carbocycles. The fraction of sp³-hybridized carbons (Fsp3) is 0.333. The third kappa shape index (κ3) is 3.28. The normalized spacial score (nSPS) is 15.9. The number of methoxy groups -OCH3 is 1. The summed E-state index contributed by atoms with van der Waals surface area (Å²) in [4.78, 5) is 13.4. The van der Waals surface area contributed by atoms with Crippen LogP contribution < -0.4 is 20.8 Å². The second kappa shape index (κ2) is 7.20. The van der Waals surface area contributed by atoms with E-state index in [4.69, 9.17) is 15.2 Å². The average Bonchev–Trinajstić information content (AvgIpc) is 2.64. The molecule has 2 heterocycles. The number of rotatable bonds is 4. The molecule has 1 aromatic carbocycles. The van der Waals surface area contributed by atoms with Crippen LogP contribution in [0.25, 0.3) is 0 Å². The first-order valence-electron chi connectivity index (χ1n) is 8.83. The van der Waals surface area contributed by atoms with Gasteiger partial charge in [-0.3, -0.25) is 4.79 Å². The maximum atomic E-state index is 13.4. The van der Waals surface area contributed by atoms with Gasteiger partial charge in [0.1, 0.15) is 23.1 Å². The van der Waals surface area contributed by atoms with Crippen molar-refractivity contribution in [2.45, 2.75) is 33.2 Å². The number of pyridine rings is 1. The fourth-order valence-corrected chi connectivity index (χ4v) is 3.43. The van der Waals surface area contributed by atoms with Crippen LogP contribution in [0.4, 0.5) is 0 Å².